The van der Waals surface area contributed by atoms with Crippen molar-refractivity contribution < 1.29 is 4.39 Å². The van der Waals surface area contributed by atoms with Gasteiger partial charge in [0.15, 0.2) is 0 Å². The first-order valence-corrected chi connectivity index (χ1v) is 5.25. The van der Waals surface area contributed by atoms with E-state index in [1.807, 2.05) is 19.9 Å². The molecule has 1 aromatic carbocycles. The molecule has 4 heteroatoms. The standard InChI is InChI=1S/C12H14FN3/c1-7(14)6-11-15-8(2)9-4-3-5-10(13)12(9)16-11/h3-5,7H,6,14H2,1-2H3. The molecule has 3 nitrogen and oxygen atoms in total. The van der Waals surface area contributed by atoms with Crippen LogP contribution in [-0.4, -0.2) is 16.0 Å². The summed E-state index contributed by atoms with van der Waals surface area (Å²) in [4.78, 5) is 8.53. The Bertz CT molecular complexity index is 523. The minimum Gasteiger partial charge on any atom is -0.328 e. The van der Waals surface area contributed by atoms with E-state index >= 15 is 0 Å². The molecule has 0 aliphatic carbocycles. The van der Waals surface area contributed by atoms with E-state index in [9.17, 15) is 4.39 Å². The van der Waals surface area contributed by atoms with Gasteiger partial charge in [-0.25, -0.2) is 14.4 Å². The number of nitrogens with zero attached hydrogens (tertiary/aromatic N) is 2. The Kier molecular flexibility index (Phi) is 2.83. The predicted octanol–water partition coefficient (Wildman–Crippen LogP) is 1.97. The van der Waals surface area contributed by atoms with Crippen molar-refractivity contribution >= 4 is 10.9 Å². The number of nitrogens with two attached hydrogens (primary N) is 1. The number of hydrogen-bond donors (Lipinski definition) is 1. The lowest BCUT2D eigenvalue weighted by atomic mass is 10.1. The molecule has 1 atom stereocenters. The van der Waals surface area contributed by atoms with Gasteiger partial charge in [-0.2, -0.15) is 0 Å². The van der Waals surface area contributed by atoms with E-state index in [1.165, 1.54) is 6.07 Å². The first-order valence-electron chi connectivity index (χ1n) is 5.25. The van der Waals surface area contributed by atoms with Crippen LogP contribution in [0.3, 0.4) is 0 Å². The maximum absolute atomic E-state index is 13.6. The molecule has 0 saturated carbocycles. The second-order valence-corrected chi connectivity index (χ2v) is 4.04. The molecule has 2 N–H and O–H groups in total. The summed E-state index contributed by atoms with van der Waals surface area (Å²) in [5.41, 5.74) is 6.85. The summed E-state index contributed by atoms with van der Waals surface area (Å²) in [7, 11) is 0. The van der Waals surface area contributed by atoms with Crippen molar-refractivity contribution in [3.63, 3.8) is 0 Å². The van der Waals surface area contributed by atoms with Gasteiger partial charge in [-0.15, -0.1) is 0 Å². The van der Waals surface area contributed by atoms with Gasteiger partial charge < -0.3 is 5.73 Å². The number of fused-ring (bicyclic) bond motifs is 1. The van der Waals surface area contributed by atoms with Gasteiger partial charge in [0.05, 0.1) is 0 Å². The number of aromatic nitrogens is 2. The van der Waals surface area contributed by atoms with Crippen molar-refractivity contribution in [1.82, 2.24) is 9.97 Å². The van der Waals surface area contributed by atoms with Crippen LogP contribution in [0.5, 0.6) is 0 Å². The van der Waals surface area contributed by atoms with Crippen LogP contribution >= 0.6 is 0 Å². The fourth-order valence-electron chi connectivity index (χ4n) is 1.71. The fourth-order valence-corrected chi connectivity index (χ4v) is 1.71. The highest BCUT2D eigenvalue weighted by Gasteiger charge is 2.09. The highest BCUT2D eigenvalue weighted by molar-refractivity contribution is 5.81. The second kappa shape index (κ2) is 4.14. The first-order chi connectivity index (χ1) is 7.58. The average molecular weight is 219 g/mol. The minimum absolute atomic E-state index is 0.0244. The highest BCUT2D eigenvalue weighted by Crippen LogP contribution is 2.18. The van der Waals surface area contributed by atoms with Crippen molar-refractivity contribution in [2.24, 2.45) is 5.73 Å². The van der Waals surface area contributed by atoms with Crippen LogP contribution in [0.4, 0.5) is 4.39 Å². The van der Waals surface area contributed by atoms with Crippen LogP contribution in [0, 0.1) is 12.7 Å². The van der Waals surface area contributed by atoms with E-state index in [0.717, 1.165) is 11.1 Å². The van der Waals surface area contributed by atoms with E-state index in [-0.39, 0.29) is 11.9 Å². The normalized spacial score (nSPS) is 13.0. The van der Waals surface area contributed by atoms with Crippen molar-refractivity contribution in [1.29, 1.82) is 0 Å². The zero-order chi connectivity index (χ0) is 11.7. The van der Waals surface area contributed by atoms with Crippen LogP contribution in [0.1, 0.15) is 18.4 Å². The molecule has 1 aromatic heterocycles. The third-order valence-electron chi connectivity index (χ3n) is 2.42. The van der Waals surface area contributed by atoms with Crippen molar-refractivity contribution in [2.75, 3.05) is 0 Å². The van der Waals surface area contributed by atoms with Gasteiger partial charge in [0, 0.05) is 23.5 Å². The smallest absolute Gasteiger partial charge is 0.149 e. The Labute approximate surface area is 93.5 Å². The molecule has 0 amide bonds. The summed E-state index contributed by atoms with van der Waals surface area (Å²) in [6.07, 6.45) is 0.561. The molecule has 0 bridgehead atoms. The predicted molar refractivity (Wildman–Crippen MR) is 61.6 cm³/mol. The van der Waals surface area contributed by atoms with Crippen molar-refractivity contribution in [3.8, 4) is 0 Å². The van der Waals surface area contributed by atoms with Crippen molar-refractivity contribution in [3.05, 3.63) is 35.5 Å². The third-order valence-corrected chi connectivity index (χ3v) is 2.42. The monoisotopic (exact) mass is 219 g/mol. The van der Waals surface area contributed by atoms with E-state index in [0.29, 0.717) is 17.8 Å². The lowest BCUT2D eigenvalue weighted by Crippen LogP contribution is -2.19. The van der Waals surface area contributed by atoms with Gasteiger partial charge >= 0.3 is 0 Å². The zero-order valence-electron chi connectivity index (χ0n) is 9.37. The van der Waals surface area contributed by atoms with Gasteiger partial charge in [0.25, 0.3) is 0 Å². The largest absolute Gasteiger partial charge is 0.328 e. The van der Waals surface area contributed by atoms with Crippen molar-refractivity contribution in [2.45, 2.75) is 26.3 Å². The van der Waals surface area contributed by atoms with Gasteiger partial charge in [0.1, 0.15) is 17.2 Å². The molecule has 2 rings (SSSR count). The van der Waals surface area contributed by atoms with Crippen LogP contribution in [0.15, 0.2) is 18.2 Å². The first kappa shape index (κ1) is 11.0. The molecule has 0 aliphatic heterocycles. The molecule has 16 heavy (non-hydrogen) atoms. The quantitative estimate of drug-likeness (QED) is 0.840. The van der Waals surface area contributed by atoms with Crippen LogP contribution < -0.4 is 5.73 Å². The van der Waals surface area contributed by atoms with Crippen LogP contribution in [0.2, 0.25) is 0 Å². The fraction of sp³-hybridized carbons (Fsp3) is 0.333. The number of rotatable bonds is 2. The summed E-state index contributed by atoms with van der Waals surface area (Å²) in [6.45, 7) is 3.73. The van der Waals surface area contributed by atoms with E-state index in [1.54, 1.807) is 6.07 Å². The molecule has 84 valence electrons. The number of benzene rings is 1. The Balaban J connectivity index is 2.61. The molecule has 0 fully saturated rings. The lowest BCUT2D eigenvalue weighted by molar-refractivity contribution is 0.633. The van der Waals surface area contributed by atoms with E-state index < -0.39 is 0 Å². The summed E-state index contributed by atoms with van der Waals surface area (Å²) in [5, 5.41) is 0.758. The molecule has 0 radical (unpaired) electrons. The SMILES string of the molecule is Cc1nc(CC(C)N)nc2c(F)cccc12. The molecule has 0 aliphatic rings. The maximum atomic E-state index is 13.6. The number of para-hydroxylation sites is 1. The summed E-state index contributed by atoms with van der Waals surface area (Å²) in [5.74, 6) is 0.291. The number of hydrogen-bond acceptors (Lipinski definition) is 3. The topological polar surface area (TPSA) is 51.8 Å². The Morgan fingerprint density at radius 2 is 2.12 bits per heavy atom. The summed E-state index contributed by atoms with van der Waals surface area (Å²) in [6, 6.07) is 4.87. The summed E-state index contributed by atoms with van der Waals surface area (Å²) >= 11 is 0. The summed E-state index contributed by atoms with van der Waals surface area (Å²) < 4.78 is 13.6. The number of halogens is 1. The molecule has 0 saturated heterocycles. The number of aryl methyl sites for hydroxylation is 1. The van der Waals surface area contributed by atoms with E-state index in [2.05, 4.69) is 9.97 Å². The average Bonchev–Trinajstić information content (AvgIpc) is 2.19. The second-order valence-electron chi connectivity index (χ2n) is 4.04. The minimum atomic E-state index is -0.311. The third kappa shape index (κ3) is 2.02. The highest BCUT2D eigenvalue weighted by atomic mass is 19.1. The van der Waals surface area contributed by atoms with Gasteiger partial charge in [-0.05, 0) is 19.9 Å². The lowest BCUT2D eigenvalue weighted by Gasteiger charge is -2.07. The van der Waals surface area contributed by atoms with Gasteiger partial charge in [-0.3, -0.25) is 0 Å². The van der Waals surface area contributed by atoms with Crippen LogP contribution in [-0.2, 0) is 6.42 Å². The van der Waals surface area contributed by atoms with Gasteiger partial charge in [-0.1, -0.05) is 12.1 Å². The molecule has 2 aromatic rings. The zero-order valence-corrected chi connectivity index (χ0v) is 9.37. The molecule has 1 heterocycles. The molecule has 1 unspecified atom stereocenters. The van der Waals surface area contributed by atoms with E-state index in [4.69, 9.17) is 5.73 Å². The Morgan fingerprint density at radius 1 is 1.38 bits per heavy atom. The van der Waals surface area contributed by atoms with Gasteiger partial charge in [0.2, 0.25) is 0 Å². The Morgan fingerprint density at radius 3 is 2.81 bits per heavy atom. The molecular formula is C12H14FN3. The molecular weight excluding hydrogens is 205 g/mol. The van der Waals surface area contributed by atoms with Crippen LogP contribution in [0.25, 0.3) is 10.9 Å². The maximum Gasteiger partial charge on any atom is 0.149 e. The Hall–Kier alpha value is -1.55. The molecule has 0 spiro atoms.